The molecule has 1 unspecified atom stereocenters. The van der Waals surface area contributed by atoms with E-state index in [-0.39, 0.29) is 11.8 Å². The van der Waals surface area contributed by atoms with E-state index in [2.05, 4.69) is 10.2 Å². The van der Waals surface area contributed by atoms with Gasteiger partial charge in [0.25, 0.3) is 0 Å². The number of rotatable bonds is 3. The molecule has 4 nitrogen and oxygen atoms in total. The van der Waals surface area contributed by atoms with Crippen molar-refractivity contribution in [2.45, 2.75) is 19.4 Å². The fourth-order valence-electron chi connectivity index (χ4n) is 2.57. The first kappa shape index (κ1) is 14.2. The Labute approximate surface area is 118 Å². The molecule has 1 aromatic rings. The number of benzene rings is 1. The molecule has 0 saturated carbocycles. The molecule has 1 aliphatic heterocycles. The topological polar surface area (TPSA) is 58.4 Å². The number of carbonyl (C=O) groups excluding carboxylic acids is 1. The average molecular weight is 282 g/mol. The highest BCUT2D eigenvalue weighted by Gasteiger charge is 2.25. The maximum Gasteiger partial charge on any atom is 0.224 e. The number of nitrogens with zero attached hydrogens (tertiary/aromatic N) is 1. The van der Waals surface area contributed by atoms with Gasteiger partial charge in [0.1, 0.15) is 0 Å². The van der Waals surface area contributed by atoms with E-state index in [9.17, 15) is 4.79 Å². The summed E-state index contributed by atoms with van der Waals surface area (Å²) < 4.78 is 0. The Morgan fingerprint density at radius 3 is 3.11 bits per heavy atom. The first-order valence-electron chi connectivity index (χ1n) is 6.58. The lowest BCUT2D eigenvalue weighted by Gasteiger charge is -2.32. The molecule has 104 valence electrons. The Bertz CT molecular complexity index is 464. The molecule has 1 aliphatic rings. The van der Waals surface area contributed by atoms with Gasteiger partial charge in [-0.2, -0.15) is 0 Å². The van der Waals surface area contributed by atoms with Crippen LogP contribution in [-0.2, 0) is 11.3 Å². The number of halogens is 1. The second-order valence-electron chi connectivity index (χ2n) is 5.04. The van der Waals surface area contributed by atoms with E-state index in [1.165, 1.54) is 0 Å². The largest absolute Gasteiger partial charge is 0.399 e. The van der Waals surface area contributed by atoms with Crippen LogP contribution in [0.2, 0.25) is 5.02 Å². The molecule has 1 saturated heterocycles. The Hall–Kier alpha value is -1.26. The number of carbonyl (C=O) groups is 1. The first-order valence-corrected chi connectivity index (χ1v) is 6.96. The van der Waals surface area contributed by atoms with Gasteiger partial charge in [-0.3, -0.25) is 9.69 Å². The molecule has 1 fully saturated rings. The molecular weight excluding hydrogens is 262 g/mol. The first-order chi connectivity index (χ1) is 9.10. The minimum Gasteiger partial charge on any atom is -0.399 e. The smallest absolute Gasteiger partial charge is 0.224 e. The lowest BCUT2D eigenvalue weighted by molar-refractivity contribution is -0.126. The summed E-state index contributed by atoms with van der Waals surface area (Å²) in [6.45, 7) is 2.53. The molecule has 1 amide bonds. The van der Waals surface area contributed by atoms with Crippen LogP contribution >= 0.6 is 11.6 Å². The minimum absolute atomic E-state index is 0.0820. The molecule has 0 aliphatic carbocycles. The fraction of sp³-hybridized carbons (Fsp3) is 0.500. The molecule has 2 rings (SSSR count). The van der Waals surface area contributed by atoms with Gasteiger partial charge in [-0.05, 0) is 43.1 Å². The number of nitrogens with two attached hydrogens (primary N) is 1. The maximum absolute atomic E-state index is 11.7. The van der Waals surface area contributed by atoms with Crippen LogP contribution in [0.3, 0.4) is 0 Å². The second kappa shape index (κ2) is 6.26. The van der Waals surface area contributed by atoms with Crippen LogP contribution in [0.5, 0.6) is 0 Å². The molecular formula is C14H20ClN3O. The van der Waals surface area contributed by atoms with Crippen molar-refractivity contribution in [3.8, 4) is 0 Å². The quantitative estimate of drug-likeness (QED) is 0.832. The number of amides is 1. The van der Waals surface area contributed by atoms with Gasteiger partial charge in [0, 0.05) is 30.8 Å². The summed E-state index contributed by atoms with van der Waals surface area (Å²) in [4.78, 5) is 14.0. The lowest BCUT2D eigenvalue weighted by atomic mass is 9.97. The predicted octanol–water partition coefficient (Wildman–Crippen LogP) is 1.88. The summed E-state index contributed by atoms with van der Waals surface area (Å²) in [6, 6.07) is 5.54. The fourth-order valence-corrected chi connectivity index (χ4v) is 2.75. The van der Waals surface area contributed by atoms with Gasteiger partial charge < -0.3 is 11.1 Å². The molecule has 1 atom stereocenters. The SMILES string of the molecule is CNC(=O)C1CCCN(Cc2cc(N)ccc2Cl)C1. The number of nitrogen functional groups attached to an aromatic ring is 1. The van der Waals surface area contributed by atoms with Crippen molar-refractivity contribution in [1.29, 1.82) is 0 Å². The highest BCUT2D eigenvalue weighted by molar-refractivity contribution is 6.31. The van der Waals surface area contributed by atoms with Gasteiger partial charge >= 0.3 is 0 Å². The third kappa shape index (κ3) is 3.61. The summed E-state index contributed by atoms with van der Waals surface area (Å²) in [5.74, 6) is 0.210. The van der Waals surface area contributed by atoms with Gasteiger partial charge in [0.05, 0.1) is 5.92 Å². The Balaban J connectivity index is 2.02. The van der Waals surface area contributed by atoms with E-state index in [1.54, 1.807) is 13.1 Å². The van der Waals surface area contributed by atoms with E-state index >= 15 is 0 Å². The summed E-state index contributed by atoms with van der Waals surface area (Å²) >= 11 is 6.18. The Kier molecular flexibility index (Phi) is 4.66. The third-order valence-corrected chi connectivity index (χ3v) is 3.96. The summed E-state index contributed by atoms with van der Waals surface area (Å²) in [6.07, 6.45) is 2.00. The molecule has 3 N–H and O–H groups in total. The molecule has 1 heterocycles. The van der Waals surface area contributed by atoms with E-state index in [0.717, 1.165) is 48.7 Å². The van der Waals surface area contributed by atoms with E-state index in [1.807, 2.05) is 12.1 Å². The highest BCUT2D eigenvalue weighted by Crippen LogP contribution is 2.24. The molecule has 0 bridgehead atoms. The molecule has 19 heavy (non-hydrogen) atoms. The molecule has 5 heteroatoms. The Morgan fingerprint density at radius 2 is 2.37 bits per heavy atom. The molecule has 0 aromatic heterocycles. The zero-order valence-electron chi connectivity index (χ0n) is 11.2. The van der Waals surface area contributed by atoms with Crippen molar-refractivity contribution in [2.75, 3.05) is 25.9 Å². The van der Waals surface area contributed by atoms with Crippen LogP contribution in [0, 0.1) is 5.92 Å². The maximum atomic E-state index is 11.7. The van der Waals surface area contributed by atoms with Crippen LogP contribution in [0.1, 0.15) is 18.4 Å². The number of likely N-dealkylation sites (tertiary alicyclic amines) is 1. The van der Waals surface area contributed by atoms with Crippen LogP contribution < -0.4 is 11.1 Å². The number of nitrogens with one attached hydrogen (secondary N) is 1. The minimum atomic E-state index is 0.0820. The van der Waals surface area contributed by atoms with E-state index in [0.29, 0.717) is 0 Å². The van der Waals surface area contributed by atoms with Gasteiger partial charge in [-0.25, -0.2) is 0 Å². The third-order valence-electron chi connectivity index (χ3n) is 3.59. The zero-order valence-corrected chi connectivity index (χ0v) is 11.9. The monoisotopic (exact) mass is 281 g/mol. The van der Waals surface area contributed by atoms with Crippen molar-refractivity contribution in [3.05, 3.63) is 28.8 Å². The molecule has 0 radical (unpaired) electrons. The van der Waals surface area contributed by atoms with Gasteiger partial charge in [-0.1, -0.05) is 11.6 Å². The van der Waals surface area contributed by atoms with Crippen molar-refractivity contribution >= 4 is 23.2 Å². The highest BCUT2D eigenvalue weighted by atomic mass is 35.5. The van der Waals surface area contributed by atoms with Crippen LogP contribution in [0.4, 0.5) is 5.69 Å². The lowest BCUT2D eigenvalue weighted by Crippen LogP contribution is -2.41. The van der Waals surface area contributed by atoms with Crippen molar-refractivity contribution in [3.63, 3.8) is 0 Å². The number of anilines is 1. The van der Waals surface area contributed by atoms with Crippen LogP contribution in [-0.4, -0.2) is 30.9 Å². The zero-order chi connectivity index (χ0) is 13.8. The normalized spacial score (nSPS) is 20.2. The molecule has 0 spiro atoms. The number of hydrogen-bond donors (Lipinski definition) is 2. The van der Waals surface area contributed by atoms with E-state index < -0.39 is 0 Å². The van der Waals surface area contributed by atoms with Crippen LogP contribution in [0.15, 0.2) is 18.2 Å². The van der Waals surface area contributed by atoms with Crippen molar-refractivity contribution < 1.29 is 4.79 Å². The summed E-state index contributed by atoms with van der Waals surface area (Å²) in [5, 5.41) is 3.46. The number of piperidine rings is 1. The van der Waals surface area contributed by atoms with Crippen LogP contribution in [0.25, 0.3) is 0 Å². The van der Waals surface area contributed by atoms with Gasteiger partial charge in [-0.15, -0.1) is 0 Å². The summed E-state index contributed by atoms with van der Waals surface area (Å²) in [5.41, 5.74) is 7.54. The molecule has 1 aromatic carbocycles. The van der Waals surface area contributed by atoms with E-state index in [4.69, 9.17) is 17.3 Å². The average Bonchev–Trinajstić information content (AvgIpc) is 2.42. The number of hydrogen-bond acceptors (Lipinski definition) is 3. The van der Waals surface area contributed by atoms with Crippen molar-refractivity contribution in [2.24, 2.45) is 5.92 Å². The van der Waals surface area contributed by atoms with Crippen molar-refractivity contribution in [1.82, 2.24) is 10.2 Å². The second-order valence-corrected chi connectivity index (χ2v) is 5.45. The van der Waals surface area contributed by atoms with Gasteiger partial charge in [0.2, 0.25) is 5.91 Å². The Morgan fingerprint density at radius 1 is 1.58 bits per heavy atom. The summed E-state index contributed by atoms with van der Waals surface area (Å²) in [7, 11) is 1.69. The van der Waals surface area contributed by atoms with Gasteiger partial charge in [0.15, 0.2) is 0 Å². The standard InChI is InChI=1S/C14H20ClN3O/c1-17-14(19)10-3-2-6-18(8-10)9-11-7-12(16)4-5-13(11)15/h4-5,7,10H,2-3,6,8-9,16H2,1H3,(H,17,19). The predicted molar refractivity (Wildman–Crippen MR) is 77.9 cm³/mol.